The van der Waals surface area contributed by atoms with Gasteiger partial charge in [0.25, 0.3) is 5.56 Å². The van der Waals surface area contributed by atoms with Crippen molar-refractivity contribution in [2.45, 2.75) is 26.9 Å². The fraction of sp³-hybridized carbons (Fsp3) is 0.167. The highest BCUT2D eigenvalue weighted by Crippen LogP contribution is 2.14. The summed E-state index contributed by atoms with van der Waals surface area (Å²) in [6.07, 6.45) is 1.45. The second-order valence-corrected chi connectivity index (χ2v) is 7.63. The summed E-state index contributed by atoms with van der Waals surface area (Å²) < 4.78 is 16.1. The van der Waals surface area contributed by atoms with Gasteiger partial charge in [0.2, 0.25) is 5.91 Å². The highest BCUT2D eigenvalue weighted by Gasteiger charge is 2.17. The van der Waals surface area contributed by atoms with E-state index in [0.29, 0.717) is 5.56 Å². The Bertz CT molecular complexity index is 1440. The predicted molar refractivity (Wildman–Crippen MR) is 120 cm³/mol. The fourth-order valence-electron chi connectivity index (χ4n) is 3.42. The number of pyridine rings is 1. The lowest BCUT2D eigenvalue weighted by Crippen LogP contribution is -2.42. The summed E-state index contributed by atoms with van der Waals surface area (Å²) in [6.45, 7) is 3.25. The van der Waals surface area contributed by atoms with E-state index in [1.54, 1.807) is 31.2 Å². The van der Waals surface area contributed by atoms with Crippen LogP contribution in [-0.4, -0.2) is 20.0 Å². The van der Waals surface area contributed by atoms with E-state index in [-0.39, 0.29) is 29.8 Å². The molecule has 0 aliphatic carbocycles. The topological polar surface area (TPSA) is 86.0 Å². The van der Waals surface area contributed by atoms with Gasteiger partial charge in [-0.3, -0.25) is 18.7 Å². The number of benzene rings is 2. The number of carbonyl (C=O) groups is 1. The Morgan fingerprint density at radius 2 is 1.78 bits per heavy atom. The first kappa shape index (κ1) is 21.2. The molecular weight excluding hydrogens is 411 g/mol. The number of aryl methyl sites for hydroxylation is 2. The third-order valence-corrected chi connectivity index (χ3v) is 5.20. The molecule has 2 heterocycles. The molecule has 0 bridgehead atoms. The van der Waals surface area contributed by atoms with E-state index in [9.17, 15) is 18.8 Å². The van der Waals surface area contributed by atoms with E-state index in [0.717, 1.165) is 20.3 Å². The number of aromatic nitrogens is 3. The van der Waals surface area contributed by atoms with Gasteiger partial charge in [-0.1, -0.05) is 35.9 Å². The number of nitrogens with zero attached hydrogens (tertiary/aromatic N) is 3. The van der Waals surface area contributed by atoms with Gasteiger partial charge in [-0.2, -0.15) is 0 Å². The molecule has 2 aromatic carbocycles. The molecule has 0 aliphatic heterocycles. The number of rotatable bonds is 5. The Kier molecular flexibility index (Phi) is 5.68. The number of hydrogen-bond acceptors (Lipinski definition) is 4. The van der Waals surface area contributed by atoms with Crippen LogP contribution >= 0.6 is 0 Å². The average Bonchev–Trinajstić information content (AvgIpc) is 2.78. The number of halogens is 1. The first-order chi connectivity index (χ1) is 15.3. The molecule has 162 valence electrons. The second kappa shape index (κ2) is 8.58. The zero-order valence-electron chi connectivity index (χ0n) is 17.6. The van der Waals surface area contributed by atoms with Crippen LogP contribution in [0.1, 0.15) is 16.7 Å². The number of fused-ring (bicyclic) bond motifs is 1. The van der Waals surface area contributed by atoms with Crippen molar-refractivity contribution in [2.75, 3.05) is 5.32 Å². The molecule has 1 amide bonds. The molecule has 7 nitrogen and oxygen atoms in total. The molecule has 0 radical (unpaired) electrons. The Morgan fingerprint density at radius 1 is 1.03 bits per heavy atom. The highest BCUT2D eigenvalue weighted by atomic mass is 19.1. The Hall–Kier alpha value is -4.07. The molecule has 0 unspecified atom stereocenters. The maximum atomic E-state index is 13.8. The molecule has 2 aromatic heterocycles. The summed E-state index contributed by atoms with van der Waals surface area (Å²) in [7, 11) is 0. The molecule has 0 saturated heterocycles. The normalized spacial score (nSPS) is 11.0. The van der Waals surface area contributed by atoms with Crippen molar-refractivity contribution in [1.82, 2.24) is 14.1 Å². The van der Waals surface area contributed by atoms with Crippen molar-refractivity contribution in [3.05, 3.63) is 104 Å². The van der Waals surface area contributed by atoms with Crippen molar-refractivity contribution in [3.63, 3.8) is 0 Å². The summed E-state index contributed by atoms with van der Waals surface area (Å²) in [5, 5.41) is 2.82. The van der Waals surface area contributed by atoms with Gasteiger partial charge in [0.05, 0.1) is 11.9 Å². The standard InChI is InChI=1S/C24H21FN4O3/c1-15-5-8-17(9-6-15)13-29-23(31)19-4-3-11-26-22(19)28(24(29)32)14-21(30)27-18-10-7-16(2)20(25)12-18/h3-12H,13-14H2,1-2H3,(H,27,30). The number of carbonyl (C=O) groups excluding carboxylic acids is 1. The van der Waals surface area contributed by atoms with E-state index < -0.39 is 23.0 Å². The summed E-state index contributed by atoms with van der Waals surface area (Å²) in [5.41, 5.74) is 1.57. The Morgan fingerprint density at radius 3 is 2.50 bits per heavy atom. The minimum Gasteiger partial charge on any atom is -0.324 e. The fourth-order valence-corrected chi connectivity index (χ4v) is 3.42. The second-order valence-electron chi connectivity index (χ2n) is 7.63. The van der Waals surface area contributed by atoms with Gasteiger partial charge in [0, 0.05) is 11.9 Å². The van der Waals surface area contributed by atoms with Gasteiger partial charge in [-0.05, 0) is 49.2 Å². The Labute approximate surface area is 182 Å². The zero-order chi connectivity index (χ0) is 22.8. The average molecular weight is 432 g/mol. The van der Waals surface area contributed by atoms with Crippen LogP contribution in [0.2, 0.25) is 0 Å². The number of nitrogens with one attached hydrogen (secondary N) is 1. The smallest absolute Gasteiger partial charge is 0.324 e. The maximum Gasteiger partial charge on any atom is 0.333 e. The predicted octanol–water partition coefficient (Wildman–Crippen LogP) is 3.00. The van der Waals surface area contributed by atoms with E-state index in [1.807, 2.05) is 31.2 Å². The van der Waals surface area contributed by atoms with Crippen LogP contribution < -0.4 is 16.6 Å². The monoisotopic (exact) mass is 432 g/mol. The number of hydrogen-bond donors (Lipinski definition) is 1. The van der Waals surface area contributed by atoms with Crippen LogP contribution in [0.15, 0.2) is 70.4 Å². The van der Waals surface area contributed by atoms with Gasteiger partial charge < -0.3 is 5.32 Å². The van der Waals surface area contributed by atoms with E-state index in [1.165, 1.54) is 12.3 Å². The summed E-state index contributed by atoms with van der Waals surface area (Å²) in [4.78, 5) is 43.0. The van der Waals surface area contributed by atoms with Gasteiger partial charge in [-0.25, -0.2) is 14.2 Å². The summed E-state index contributed by atoms with van der Waals surface area (Å²) in [5.74, 6) is -0.985. The van der Waals surface area contributed by atoms with Crippen molar-refractivity contribution >= 4 is 22.6 Å². The minimum absolute atomic E-state index is 0.0631. The van der Waals surface area contributed by atoms with Crippen LogP contribution in [-0.2, 0) is 17.9 Å². The lowest BCUT2D eigenvalue weighted by atomic mass is 10.1. The molecule has 1 N–H and O–H groups in total. The molecule has 0 spiro atoms. The van der Waals surface area contributed by atoms with Gasteiger partial charge in [0.15, 0.2) is 0 Å². The van der Waals surface area contributed by atoms with Gasteiger partial charge in [0.1, 0.15) is 18.0 Å². The first-order valence-corrected chi connectivity index (χ1v) is 10.0. The number of anilines is 1. The molecule has 0 aliphatic rings. The minimum atomic E-state index is -0.646. The molecule has 0 saturated carbocycles. The van der Waals surface area contributed by atoms with Crippen LogP contribution in [0.4, 0.5) is 10.1 Å². The third kappa shape index (κ3) is 4.20. The van der Waals surface area contributed by atoms with Gasteiger partial charge >= 0.3 is 5.69 Å². The Balaban J connectivity index is 1.73. The van der Waals surface area contributed by atoms with Crippen molar-refractivity contribution < 1.29 is 9.18 Å². The molecule has 4 aromatic rings. The van der Waals surface area contributed by atoms with Crippen LogP contribution in [0.3, 0.4) is 0 Å². The maximum absolute atomic E-state index is 13.8. The van der Waals surface area contributed by atoms with Crippen molar-refractivity contribution in [3.8, 4) is 0 Å². The van der Waals surface area contributed by atoms with Crippen molar-refractivity contribution in [2.24, 2.45) is 0 Å². The van der Waals surface area contributed by atoms with Crippen LogP contribution in [0.5, 0.6) is 0 Å². The molecular formula is C24H21FN4O3. The van der Waals surface area contributed by atoms with Crippen molar-refractivity contribution in [1.29, 1.82) is 0 Å². The lowest BCUT2D eigenvalue weighted by Gasteiger charge is -2.14. The highest BCUT2D eigenvalue weighted by molar-refractivity contribution is 5.91. The van der Waals surface area contributed by atoms with Crippen LogP contribution in [0, 0.1) is 19.7 Å². The third-order valence-electron chi connectivity index (χ3n) is 5.20. The molecule has 0 fully saturated rings. The van der Waals surface area contributed by atoms with E-state index in [4.69, 9.17) is 0 Å². The molecule has 4 rings (SSSR count). The van der Waals surface area contributed by atoms with E-state index in [2.05, 4.69) is 10.3 Å². The lowest BCUT2D eigenvalue weighted by molar-refractivity contribution is -0.116. The largest absolute Gasteiger partial charge is 0.333 e. The SMILES string of the molecule is Cc1ccc(Cn2c(=O)c3cccnc3n(CC(=O)Nc3ccc(C)c(F)c3)c2=O)cc1. The number of amides is 1. The zero-order valence-corrected chi connectivity index (χ0v) is 17.6. The molecule has 8 heteroatoms. The quantitative estimate of drug-likeness (QED) is 0.525. The summed E-state index contributed by atoms with van der Waals surface area (Å²) in [6, 6.07) is 15.0. The van der Waals surface area contributed by atoms with Gasteiger partial charge in [-0.15, -0.1) is 0 Å². The summed E-state index contributed by atoms with van der Waals surface area (Å²) >= 11 is 0. The molecule has 0 atom stereocenters. The molecule has 32 heavy (non-hydrogen) atoms. The first-order valence-electron chi connectivity index (χ1n) is 10.0. The van der Waals surface area contributed by atoms with Crippen LogP contribution in [0.25, 0.3) is 11.0 Å². The van der Waals surface area contributed by atoms with E-state index >= 15 is 0 Å².